The average molecular weight is 179 g/mol. The van der Waals surface area contributed by atoms with Crippen LogP contribution in [-0.2, 0) is 4.79 Å². The maximum atomic E-state index is 11.2. The first-order valence-corrected chi connectivity index (χ1v) is 3.74. The van der Waals surface area contributed by atoms with E-state index >= 15 is 0 Å². The summed E-state index contributed by atoms with van der Waals surface area (Å²) < 4.78 is 0. The lowest BCUT2D eigenvalue weighted by atomic mass is 10.3. The molecule has 5 heteroatoms. The molecule has 0 saturated heterocycles. The van der Waals surface area contributed by atoms with Gasteiger partial charge in [-0.15, -0.1) is 0 Å². The first-order valence-electron chi connectivity index (χ1n) is 3.74. The van der Waals surface area contributed by atoms with Gasteiger partial charge in [-0.2, -0.15) is 0 Å². The number of Topliss-reactive ketones (excluding diaryl/α,β-unsaturated/α-hetero) is 1. The van der Waals surface area contributed by atoms with Gasteiger partial charge in [-0.3, -0.25) is 9.59 Å². The fraction of sp³-hybridized carbons (Fsp3) is 0.250. The van der Waals surface area contributed by atoms with E-state index in [4.69, 9.17) is 0 Å². The van der Waals surface area contributed by atoms with E-state index < -0.39 is 0 Å². The number of nitrogens with zero attached hydrogens (tertiary/aromatic N) is 2. The molecule has 0 aliphatic heterocycles. The molecular formula is C8H9N3O2. The molecule has 1 aromatic heterocycles. The van der Waals surface area contributed by atoms with Crippen LogP contribution in [0.2, 0.25) is 0 Å². The number of carbonyl (C=O) groups excluding carboxylic acids is 2. The van der Waals surface area contributed by atoms with Gasteiger partial charge in [0.15, 0.2) is 0 Å². The van der Waals surface area contributed by atoms with E-state index in [9.17, 15) is 9.59 Å². The summed E-state index contributed by atoms with van der Waals surface area (Å²) in [6.45, 7) is 1.43. The maximum Gasteiger partial charge on any atom is 0.270 e. The van der Waals surface area contributed by atoms with Crippen molar-refractivity contribution in [3.8, 4) is 0 Å². The third-order valence-corrected chi connectivity index (χ3v) is 1.31. The lowest BCUT2D eigenvalue weighted by Crippen LogP contribution is -2.28. The van der Waals surface area contributed by atoms with Crippen LogP contribution in [-0.4, -0.2) is 28.2 Å². The molecule has 1 rings (SSSR count). The molecule has 0 saturated carbocycles. The fourth-order valence-electron chi connectivity index (χ4n) is 0.720. The molecular weight excluding hydrogens is 170 g/mol. The molecule has 0 atom stereocenters. The van der Waals surface area contributed by atoms with E-state index in [1.807, 2.05) is 0 Å². The Balaban J connectivity index is 2.54. The Labute approximate surface area is 75.2 Å². The van der Waals surface area contributed by atoms with Crippen LogP contribution in [0.3, 0.4) is 0 Å². The molecule has 0 spiro atoms. The standard InChI is InChI=1S/C8H9N3O2/c1-6(12)4-10-8(13)7-2-3-9-5-11-7/h2-3,5H,4H2,1H3,(H,10,13). The number of hydrogen-bond donors (Lipinski definition) is 1. The Morgan fingerprint density at radius 2 is 2.31 bits per heavy atom. The van der Waals surface area contributed by atoms with Gasteiger partial charge in [0.2, 0.25) is 0 Å². The van der Waals surface area contributed by atoms with Gasteiger partial charge in [0.05, 0.1) is 6.54 Å². The van der Waals surface area contributed by atoms with Crippen molar-refractivity contribution < 1.29 is 9.59 Å². The van der Waals surface area contributed by atoms with E-state index in [0.29, 0.717) is 0 Å². The summed E-state index contributed by atoms with van der Waals surface area (Å²) in [5, 5.41) is 2.42. The van der Waals surface area contributed by atoms with Gasteiger partial charge in [0.25, 0.3) is 5.91 Å². The molecule has 0 radical (unpaired) electrons. The molecule has 5 nitrogen and oxygen atoms in total. The van der Waals surface area contributed by atoms with Gasteiger partial charge in [0.1, 0.15) is 17.8 Å². The highest BCUT2D eigenvalue weighted by atomic mass is 16.2. The van der Waals surface area contributed by atoms with Crippen LogP contribution in [0, 0.1) is 0 Å². The second-order valence-corrected chi connectivity index (χ2v) is 2.48. The molecule has 0 aromatic carbocycles. The lowest BCUT2D eigenvalue weighted by Gasteiger charge is -2.00. The van der Waals surface area contributed by atoms with Crippen molar-refractivity contribution in [1.82, 2.24) is 15.3 Å². The van der Waals surface area contributed by atoms with E-state index in [2.05, 4.69) is 15.3 Å². The Morgan fingerprint density at radius 1 is 1.54 bits per heavy atom. The van der Waals surface area contributed by atoms with Crippen molar-refractivity contribution >= 4 is 11.7 Å². The number of nitrogens with one attached hydrogen (secondary N) is 1. The van der Waals surface area contributed by atoms with Crippen LogP contribution in [0.25, 0.3) is 0 Å². The third-order valence-electron chi connectivity index (χ3n) is 1.31. The third kappa shape index (κ3) is 2.98. The second kappa shape index (κ2) is 4.30. The highest BCUT2D eigenvalue weighted by Gasteiger charge is 2.05. The average Bonchev–Trinajstić information content (AvgIpc) is 2.15. The molecule has 68 valence electrons. The molecule has 0 aliphatic rings. The highest BCUT2D eigenvalue weighted by molar-refractivity contribution is 5.94. The van der Waals surface area contributed by atoms with Crippen molar-refractivity contribution in [2.75, 3.05) is 6.54 Å². The molecule has 0 aliphatic carbocycles. The SMILES string of the molecule is CC(=O)CNC(=O)c1ccncn1. The Kier molecular flexibility index (Phi) is 3.08. The molecule has 1 heterocycles. The van der Waals surface area contributed by atoms with Crippen molar-refractivity contribution in [2.45, 2.75) is 6.92 Å². The summed E-state index contributed by atoms with van der Waals surface area (Å²) in [5.74, 6) is -0.458. The zero-order valence-corrected chi connectivity index (χ0v) is 7.15. The van der Waals surface area contributed by atoms with Gasteiger partial charge in [-0.25, -0.2) is 9.97 Å². The number of ketones is 1. The minimum Gasteiger partial charge on any atom is -0.344 e. The molecule has 13 heavy (non-hydrogen) atoms. The van der Waals surface area contributed by atoms with Crippen molar-refractivity contribution in [1.29, 1.82) is 0 Å². The quantitative estimate of drug-likeness (QED) is 0.697. The normalized spacial score (nSPS) is 9.31. The maximum absolute atomic E-state index is 11.2. The fourth-order valence-corrected chi connectivity index (χ4v) is 0.720. The van der Waals surface area contributed by atoms with Crippen LogP contribution in [0.5, 0.6) is 0 Å². The summed E-state index contributed by atoms with van der Waals surface area (Å²) >= 11 is 0. The van der Waals surface area contributed by atoms with Crippen molar-refractivity contribution in [3.05, 3.63) is 24.3 Å². The number of hydrogen-bond acceptors (Lipinski definition) is 4. The van der Waals surface area contributed by atoms with Gasteiger partial charge in [0, 0.05) is 6.20 Å². The predicted octanol–water partition coefficient (Wildman–Crippen LogP) is -0.205. The van der Waals surface area contributed by atoms with E-state index in [1.165, 1.54) is 25.5 Å². The zero-order valence-electron chi connectivity index (χ0n) is 7.15. The highest BCUT2D eigenvalue weighted by Crippen LogP contribution is 1.89. The summed E-state index contributed by atoms with van der Waals surface area (Å²) in [7, 11) is 0. The Morgan fingerprint density at radius 3 is 2.85 bits per heavy atom. The summed E-state index contributed by atoms with van der Waals surface area (Å²) in [6, 6.07) is 1.48. The number of aromatic nitrogens is 2. The molecule has 1 aromatic rings. The van der Waals surface area contributed by atoms with Crippen molar-refractivity contribution in [2.24, 2.45) is 0 Å². The predicted molar refractivity (Wildman–Crippen MR) is 45.0 cm³/mol. The van der Waals surface area contributed by atoms with Gasteiger partial charge >= 0.3 is 0 Å². The van der Waals surface area contributed by atoms with E-state index in [-0.39, 0.29) is 23.9 Å². The minimum absolute atomic E-state index is 0.0306. The van der Waals surface area contributed by atoms with Gasteiger partial charge in [-0.1, -0.05) is 0 Å². The monoisotopic (exact) mass is 179 g/mol. The summed E-state index contributed by atoms with van der Waals surface area (Å²) in [4.78, 5) is 29.1. The number of rotatable bonds is 3. The Bertz CT molecular complexity index is 310. The number of carbonyl (C=O) groups is 2. The largest absolute Gasteiger partial charge is 0.344 e. The van der Waals surface area contributed by atoms with Crippen LogP contribution >= 0.6 is 0 Å². The minimum atomic E-state index is -0.363. The van der Waals surface area contributed by atoms with Crippen LogP contribution in [0.15, 0.2) is 18.6 Å². The van der Waals surface area contributed by atoms with Crippen LogP contribution < -0.4 is 5.32 Å². The zero-order chi connectivity index (χ0) is 9.68. The van der Waals surface area contributed by atoms with Crippen molar-refractivity contribution in [3.63, 3.8) is 0 Å². The topological polar surface area (TPSA) is 72.0 Å². The molecule has 0 fully saturated rings. The number of amides is 1. The molecule has 1 amide bonds. The molecule has 0 unspecified atom stereocenters. The van der Waals surface area contributed by atoms with Crippen LogP contribution in [0.1, 0.15) is 17.4 Å². The van der Waals surface area contributed by atoms with Crippen LogP contribution in [0.4, 0.5) is 0 Å². The van der Waals surface area contributed by atoms with E-state index in [0.717, 1.165) is 0 Å². The first kappa shape index (κ1) is 9.31. The Hall–Kier alpha value is -1.78. The second-order valence-electron chi connectivity index (χ2n) is 2.48. The summed E-state index contributed by atoms with van der Waals surface area (Å²) in [5.41, 5.74) is 0.260. The van der Waals surface area contributed by atoms with Gasteiger partial charge in [-0.05, 0) is 13.0 Å². The molecule has 1 N–H and O–H groups in total. The smallest absolute Gasteiger partial charge is 0.270 e. The lowest BCUT2D eigenvalue weighted by molar-refractivity contribution is -0.116. The molecule has 0 bridgehead atoms. The first-order chi connectivity index (χ1) is 6.20. The van der Waals surface area contributed by atoms with Gasteiger partial charge < -0.3 is 5.32 Å². The summed E-state index contributed by atoms with van der Waals surface area (Å²) in [6.07, 6.45) is 2.75. The van der Waals surface area contributed by atoms with E-state index in [1.54, 1.807) is 0 Å².